The quantitative estimate of drug-likeness (QED) is 0.666. The Balaban J connectivity index is 2.11. The van der Waals surface area contributed by atoms with Crippen molar-refractivity contribution < 1.29 is 4.79 Å². The van der Waals surface area contributed by atoms with Crippen LogP contribution < -0.4 is 0 Å². The zero-order valence-corrected chi connectivity index (χ0v) is 13.6. The monoisotopic (exact) mass is 292 g/mol. The molecule has 0 amide bonds. The van der Waals surface area contributed by atoms with Gasteiger partial charge in [0.25, 0.3) is 0 Å². The average Bonchev–Trinajstić information content (AvgIpc) is 2.51. The van der Waals surface area contributed by atoms with Gasteiger partial charge in [0.05, 0.1) is 0 Å². The van der Waals surface area contributed by atoms with Crippen molar-refractivity contribution in [2.24, 2.45) is 5.41 Å². The number of rotatable bonds is 5. The molecule has 0 aliphatic rings. The van der Waals surface area contributed by atoms with Gasteiger partial charge in [-0.05, 0) is 28.5 Å². The van der Waals surface area contributed by atoms with Crippen LogP contribution in [0.5, 0.6) is 0 Å². The van der Waals surface area contributed by atoms with Crippen LogP contribution in [0.25, 0.3) is 6.08 Å². The molecule has 1 atom stereocenters. The molecule has 0 heterocycles. The van der Waals surface area contributed by atoms with Crippen molar-refractivity contribution >= 4 is 11.9 Å². The number of carbonyl (C=O) groups excluding carboxylic acids is 1. The molecule has 0 spiro atoms. The van der Waals surface area contributed by atoms with Gasteiger partial charge in [0.15, 0.2) is 5.78 Å². The minimum atomic E-state index is 0.0532. The van der Waals surface area contributed by atoms with E-state index in [0.717, 1.165) is 5.56 Å². The number of carbonyl (C=O) groups is 1. The van der Waals surface area contributed by atoms with Crippen LogP contribution >= 0.6 is 0 Å². The number of hydrogen-bond donors (Lipinski definition) is 0. The maximum Gasteiger partial charge on any atom is 0.156 e. The van der Waals surface area contributed by atoms with Gasteiger partial charge in [0, 0.05) is 6.42 Å². The van der Waals surface area contributed by atoms with Crippen molar-refractivity contribution in [3.8, 4) is 0 Å². The van der Waals surface area contributed by atoms with E-state index in [1.165, 1.54) is 5.56 Å². The number of benzene rings is 2. The van der Waals surface area contributed by atoms with E-state index >= 15 is 0 Å². The van der Waals surface area contributed by atoms with Gasteiger partial charge in [-0.2, -0.15) is 0 Å². The molecular weight excluding hydrogens is 268 g/mol. The van der Waals surface area contributed by atoms with E-state index < -0.39 is 0 Å². The van der Waals surface area contributed by atoms with E-state index in [-0.39, 0.29) is 17.1 Å². The van der Waals surface area contributed by atoms with E-state index in [1.54, 1.807) is 6.08 Å². The van der Waals surface area contributed by atoms with Crippen LogP contribution in [-0.4, -0.2) is 5.78 Å². The summed E-state index contributed by atoms with van der Waals surface area (Å²) in [4.78, 5) is 12.4. The van der Waals surface area contributed by atoms with E-state index in [0.29, 0.717) is 6.42 Å². The molecule has 0 saturated heterocycles. The van der Waals surface area contributed by atoms with Gasteiger partial charge in [-0.15, -0.1) is 0 Å². The molecule has 1 nitrogen and oxygen atoms in total. The lowest BCUT2D eigenvalue weighted by Crippen LogP contribution is -2.21. The number of allylic oxidation sites excluding steroid dienone is 1. The molecule has 0 unspecified atom stereocenters. The second-order valence-corrected chi connectivity index (χ2v) is 6.74. The Labute approximate surface area is 133 Å². The fraction of sp³-hybridized carbons (Fsp3) is 0.286. The van der Waals surface area contributed by atoms with E-state index in [2.05, 4.69) is 32.9 Å². The Bertz CT molecular complexity index is 618. The van der Waals surface area contributed by atoms with Gasteiger partial charge >= 0.3 is 0 Å². The average molecular weight is 292 g/mol. The van der Waals surface area contributed by atoms with Crippen molar-refractivity contribution in [1.29, 1.82) is 0 Å². The van der Waals surface area contributed by atoms with Crippen molar-refractivity contribution in [1.82, 2.24) is 0 Å². The predicted molar refractivity (Wildman–Crippen MR) is 93.7 cm³/mol. The normalized spacial score (nSPS) is 13.2. The third-order valence-electron chi connectivity index (χ3n) is 3.91. The van der Waals surface area contributed by atoms with Crippen LogP contribution in [0, 0.1) is 5.41 Å². The third kappa shape index (κ3) is 4.70. The van der Waals surface area contributed by atoms with Gasteiger partial charge in [-0.3, -0.25) is 4.79 Å². The second-order valence-electron chi connectivity index (χ2n) is 6.74. The van der Waals surface area contributed by atoms with Crippen molar-refractivity contribution in [2.45, 2.75) is 33.1 Å². The molecule has 2 aromatic rings. The minimum Gasteiger partial charge on any atom is -0.295 e. The molecule has 0 bridgehead atoms. The number of hydrogen-bond acceptors (Lipinski definition) is 1. The first kappa shape index (κ1) is 16.2. The Morgan fingerprint density at radius 2 is 1.50 bits per heavy atom. The standard InChI is InChI=1S/C21H24O/c1-21(2,3)20(18-12-8-5-9-13-18)16-19(22)15-14-17-10-6-4-7-11-17/h4-15,20H,16H2,1-3H3/b15-14-/t20-/m0/s1. The highest BCUT2D eigenvalue weighted by atomic mass is 16.1. The maximum atomic E-state index is 12.4. The Morgan fingerprint density at radius 3 is 2.05 bits per heavy atom. The molecule has 2 aromatic carbocycles. The van der Waals surface area contributed by atoms with Crippen LogP contribution in [0.2, 0.25) is 0 Å². The highest BCUT2D eigenvalue weighted by Crippen LogP contribution is 2.37. The lowest BCUT2D eigenvalue weighted by Gasteiger charge is -2.30. The Hall–Kier alpha value is -2.15. The van der Waals surface area contributed by atoms with Crippen molar-refractivity contribution in [3.05, 3.63) is 77.9 Å². The van der Waals surface area contributed by atoms with Gasteiger partial charge in [-0.1, -0.05) is 87.5 Å². The van der Waals surface area contributed by atoms with E-state index in [9.17, 15) is 4.79 Å². The first-order valence-electron chi connectivity index (χ1n) is 7.78. The molecule has 0 aromatic heterocycles. The van der Waals surface area contributed by atoms with Gasteiger partial charge in [0.1, 0.15) is 0 Å². The Morgan fingerprint density at radius 1 is 0.955 bits per heavy atom. The molecule has 0 aliphatic carbocycles. The second kappa shape index (κ2) is 7.22. The summed E-state index contributed by atoms with van der Waals surface area (Å²) in [5, 5.41) is 0. The summed E-state index contributed by atoms with van der Waals surface area (Å²) in [5.74, 6) is 0.397. The zero-order valence-electron chi connectivity index (χ0n) is 13.6. The highest BCUT2D eigenvalue weighted by Gasteiger charge is 2.27. The summed E-state index contributed by atoms with van der Waals surface area (Å²) in [7, 11) is 0. The molecule has 0 radical (unpaired) electrons. The van der Waals surface area contributed by atoms with E-state index in [4.69, 9.17) is 0 Å². The lowest BCUT2D eigenvalue weighted by molar-refractivity contribution is -0.115. The zero-order chi connectivity index (χ0) is 16.0. The van der Waals surface area contributed by atoms with Gasteiger partial charge < -0.3 is 0 Å². The topological polar surface area (TPSA) is 17.1 Å². The van der Waals surface area contributed by atoms with Crippen LogP contribution in [-0.2, 0) is 4.79 Å². The summed E-state index contributed by atoms with van der Waals surface area (Å²) in [6.45, 7) is 6.58. The van der Waals surface area contributed by atoms with Crippen molar-refractivity contribution in [3.63, 3.8) is 0 Å². The molecule has 1 heteroatoms. The first-order valence-corrected chi connectivity index (χ1v) is 7.78. The van der Waals surface area contributed by atoms with Crippen LogP contribution in [0.1, 0.15) is 44.2 Å². The molecule has 22 heavy (non-hydrogen) atoms. The van der Waals surface area contributed by atoms with Gasteiger partial charge in [0.2, 0.25) is 0 Å². The Kier molecular flexibility index (Phi) is 5.32. The summed E-state index contributed by atoms with van der Waals surface area (Å²) in [5.41, 5.74) is 2.34. The van der Waals surface area contributed by atoms with Crippen LogP contribution in [0.3, 0.4) is 0 Å². The molecular formula is C21H24O. The molecule has 0 fully saturated rings. The summed E-state index contributed by atoms with van der Waals surface area (Å²) < 4.78 is 0. The molecule has 2 rings (SSSR count). The molecule has 0 saturated carbocycles. The molecule has 0 N–H and O–H groups in total. The number of ketones is 1. The largest absolute Gasteiger partial charge is 0.295 e. The molecule has 114 valence electrons. The van der Waals surface area contributed by atoms with Crippen molar-refractivity contribution in [2.75, 3.05) is 0 Å². The third-order valence-corrected chi connectivity index (χ3v) is 3.91. The van der Waals surface area contributed by atoms with Crippen LogP contribution in [0.4, 0.5) is 0 Å². The molecule has 0 aliphatic heterocycles. The highest BCUT2D eigenvalue weighted by molar-refractivity contribution is 5.94. The SMILES string of the molecule is CC(C)(C)[C@@H](CC(=O)/C=C\c1ccccc1)c1ccccc1. The summed E-state index contributed by atoms with van der Waals surface area (Å²) in [6.07, 6.45) is 4.14. The predicted octanol–water partition coefficient (Wildman–Crippen LogP) is 5.49. The summed E-state index contributed by atoms with van der Waals surface area (Å²) >= 11 is 0. The fourth-order valence-corrected chi connectivity index (χ4v) is 2.63. The summed E-state index contributed by atoms with van der Waals surface area (Å²) in [6, 6.07) is 20.3. The van der Waals surface area contributed by atoms with Crippen LogP contribution in [0.15, 0.2) is 66.7 Å². The smallest absolute Gasteiger partial charge is 0.156 e. The first-order chi connectivity index (χ1) is 10.5. The maximum absolute atomic E-state index is 12.4. The van der Waals surface area contributed by atoms with E-state index in [1.807, 2.05) is 54.6 Å². The lowest BCUT2D eigenvalue weighted by atomic mass is 9.74. The minimum absolute atomic E-state index is 0.0532. The fourth-order valence-electron chi connectivity index (χ4n) is 2.63. The van der Waals surface area contributed by atoms with Gasteiger partial charge in [-0.25, -0.2) is 0 Å².